The van der Waals surface area contributed by atoms with Gasteiger partial charge in [-0.3, -0.25) is 0 Å². The molecule has 1 spiro atoms. The van der Waals surface area contributed by atoms with Crippen LogP contribution in [0.4, 0.5) is 5.82 Å². The fourth-order valence-corrected chi connectivity index (χ4v) is 2.85. The molecule has 3 heterocycles. The van der Waals surface area contributed by atoms with Gasteiger partial charge in [0, 0.05) is 31.2 Å². The molecule has 2 fully saturated rings. The minimum absolute atomic E-state index is 0.257. The quantitative estimate of drug-likeness (QED) is 0.761. The number of nitrogens with one attached hydrogen (secondary N) is 1. The Hall–Kier alpha value is -1.67. The molecular formula is C12H15N5. The van der Waals surface area contributed by atoms with Gasteiger partial charge in [-0.15, -0.1) is 0 Å². The van der Waals surface area contributed by atoms with Crippen molar-refractivity contribution in [3.05, 3.63) is 18.1 Å². The van der Waals surface area contributed by atoms with Crippen molar-refractivity contribution in [1.29, 1.82) is 5.26 Å². The van der Waals surface area contributed by atoms with Crippen LogP contribution in [0.3, 0.4) is 0 Å². The van der Waals surface area contributed by atoms with E-state index in [1.807, 2.05) is 12.1 Å². The maximum absolute atomic E-state index is 8.81. The Balaban J connectivity index is 1.80. The van der Waals surface area contributed by atoms with Gasteiger partial charge in [0.05, 0.1) is 0 Å². The van der Waals surface area contributed by atoms with Gasteiger partial charge < -0.3 is 10.2 Å². The van der Waals surface area contributed by atoms with Crippen LogP contribution >= 0.6 is 0 Å². The van der Waals surface area contributed by atoms with Crippen LogP contribution in [0.25, 0.3) is 0 Å². The summed E-state index contributed by atoms with van der Waals surface area (Å²) in [5, 5.41) is 12.2. The molecule has 88 valence electrons. The third-order valence-corrected chi connectivity index (χ3v) is 3.84. The van der Waals surface area contributed by atoms with Crippen LogP contribution in [0.5, 0.6) is 0 Å². The molecule has 2 aliphatic heterocycles. The molecule has 5 heteroatoms. The molecule has 0 aromatic carbocycles. The predicted molar refractivity (Wildman–Crippen MR) is 63.5 cm³/mol. The van der Waals surface area contributed by atoms with Crippen molar-refractivity contribution in [2.24, 2.45) is 5.41 Å². The average Bonchev–Trinajstić information content (AvgIpc) is 3.01. The first-order valence-electron chi connectivity index (χ1n) is 6.00. The Bertz CT molecular complexity index is 458. The molecule has 1 atom stereocenters. The molecule has 2 saturated heterocycles. The van der Waals surface area contributed by atoms with E-state index in [1.54, 1.807) is 6.20 Å². The number of anilines is 1. The van der Waals surface area contributed by atoms with E-state index >= 15 is 0 Å². The van der Waals surface area contributed by atoms with Crippen LogP contribution in [0.1, 0.15) is 18.7 Å². The number of nitrogens with zero attached hydrogens (tertiary/aromatic N) is 4. The molecule has 0 radical (unpaired) electrons. The van der Waals surface area contributed by atoms with Gasteiger partial charge in [0.15, 0.2) is 0 Å². The number of hydrogen-bond acceptors (Lipinski definition) is 5. The van der Waals surface area contributed by atoms with Crippen molar-refractivity contribution >= 4 is 5.82 Å². The highest BCUT2D eigenvalue weighted by atomic mass is 15.2. The molecule has 0 aliphatic carbocycles. The van der Waals surface area contributed by atoms with Crippen molar-refractivity contribution in [3.63, 3.8) is 0 Å². The van der Waals surface area contributed by atoms with Crippen LogP contribution in [-0.2, 0) is 0 Å². The van der Waals surface area contributed by atoms with Crippen molar-refractivity contribution in [2.45, 2.75) is 12.8 Å². The summed E-state index contributed by atoms with van der Waals surface area (Å²) in [4.78, 5) is 10.4. The summed E-state index contributed by atoms with van der Waals surface area (Å²) in [7, 11) is 0. The molecule has 0 saturated carbocycles. The summed E-state index contributed by atoms with van der Waals surface area (Å²) < 4.78 is 0. The van der Waals surface area contributed by atoms with Crippen LogP contribution < -0.4 is 10.2 Å². The normalized spacial score (nSPS) is 27.6. The zero-order valence-corrected chi connectivity index (χ0v) is 9.69. The summed E-state index contributed by atoms with van der Waals surface area (Å²) in [5.41, 5.74) is 0.428. The number of nitriles is 1. The molecule has 2 aliphatic rings. The highest BCUT2D eigenvalue weighted by Gasteiger charge is 2.40. The summed E-state index contributed by atoms with van der Waals surface area (Å²) in [5.74, 6) is 1.15. The first-order chi connectivity index (χ1) is 8.31. The molecule has 0 amide bonds. The Labute approximate surface area is 100 Å². The molecule has 17 heavy (non-hydrogen) atoms. The smallest absolute Gasteiger partial charge is 0.234 e. The number of rotatable bonds is 1. The minimum Gasteiger partial charge on any atom is -0.356 e. The van der Waals surface area contributed by atoms with E-state index in [9.17, 15) is 0 Å². The summed E-state index contributed by atoms with van der Waals surface area (Å²) in [6.45, 7) is 4.31. The largest absolute Gasteiger partial charge is 0.356 e. The van der Waals surface area contributed by atoms with Crippen LogP contribution in [0.15, 0.2) is 12.3 Å². The molecule has 1 aromatic heterocycles. The van der Waals surface area contributed by atoms with Crippen molar-refractivity contribution < 1.29 is 0 Å². The lowest BCUT2D eigenvalue weighted by Gasteiger charge is -2.23. The maximum atomic E-state index is 8.81. The highest BCUT2D eigenvalue weighted by molar-refractivity contribution is 5.41. The number of hydrogen-bond donors (Lipinski definition) is 1. The highest BCUT2D eigenvalue weighted by Crippen LogP contribution is 2.37. The van der Waals surface area contributed by atoms with E-state index in [-0.39, 0.29) is 5.82 Å². The Morgan fingerprint density at radius 1 is 1.47 bits per heavy atom. The lowest BCUT2D eigenvalue weighted by Crippen LogP contribution is -2.29. The van der Waals surface area contributed by atoms with E-state index in [0.29, 0.717) is 5.41 Å². The fourth-order valence-electron chi connectivity index (χ4n) is 2.85. The second kappa shape index (κ2) is 3.97. The Morgan fingerprint density at radius 3 is 3.18 bits per heavy atom. The van der Waals surface area contributed by atoms with E-state index in [0.717, 1.165) is 32.0 Å². The molecule has 1 aromatic rings. The van der Waals surface area contributed by atoms with Crippen LogP contribution in [0, 0.1) is 16.7 Å². The minimum atomic E-state index is 0.257. The summed E-state index contributed by atoms with van der Waals surface area (Å²) in [6.07, 6.45) is 4.13. The van der Waals surface area contributed by atoms with Gasteiger partial charge in [-0.25, -0.2) is 9.97 Å². The Morgan fingerprint density at radius 2 is 2.41 bits per heavy atom. The van der Waals surface area contributed by atoms with Crippen molar-refractivity contribution in [3.8, 4) is 6.07 Å². The van der Waals surface area contributed by atoms with Crippen LogP contribution in [-0.4, -0.2) is 36.1 Å². The molecular weight excluding hydrogens is 214 g/mol. The zero-order valence-electron chi connectivity index (χ0n) is 9.69. The van der Waals surface area contributed by atoms with Gasteiger partial charge in [-0.05, 0) is 25.5 Å². The molecule has 0 unspecified atom stereocenters. The van der Waals surface area contributed by atoms with Gasteiger partial charge in [-0.1, -0.05) is 0 Å². The SMILES string of the molecule is N#Cc1nccc(N2CC[C@@]3(CCNC3)C2)n1. The first kappa shape index (κ1) is 10.5. The average molecular weight is 229 g/mol. The van der Waals surface area contributed by atoms with Gasteiger partial charge in [-0.2, -0.15) is 5.26 Å². The second-order valence-corrected chi connectivity index (χ2v) is 4.95. The van der Waals surface area contributed by atoms with E-state index in [2.05, 4.69) is 20.2 Å². The van der Waals surface area contributed by atoms with Crippen molar-refractivity contribution in [2.75, 3.05) is 31.1 Å². The number of aromatic nitrogens is 2. The lowest BCUT2D eigenvalue weighted by molar-refractivity contribution is 0.369. The fraction of sp³-hybridized carbons (Fsp3) is 0.583. The molecule has 5 nitrogen and oxygen atoms in total. The van der Waals surface area contributed by atoms with Crippen molar-refractivity contribution in [1.82, 2.24) is 15.3 Å². The van der Waals surface area contributed by atoms with E-state index in [4.69, 9.17) is 5.26 Å². The van der Waals surface area contributed by atoms with Gasteiger partial charge in [0.1, 0.15) is 11.9 Å². The first-order valence-corrected chi connectivity index (χ1v) is 6.00. The molecule has 1 N–H and O–H groups in total. The third kappa shape index (κ3) is 1.85. The predicted octanol–water partition coefficient (Wildman–Crippen LogP) is 0.538. The van der Waals surface area contributed by atoms with Gasteiger partial charge in [0.25, 0.3) is 0 Å². The van der Waals surface area contributed by atoms with Crippen LogP contribution in [0.2, 0.25) is 0 Å². The molecule has 0 bridgehead atoms. The monoisotopic (exact) mass is 229 g/mol. The topological polar surface area (TPSA) is 64.8 Å². The summed E-state index contributed by atoms with van der Waals surface area (Å²) in [6, 6.07) is 3.88. The zero-order chi connectivity index (χ0) is 11.7. The van der Waals surface area contributed by atoms with E-state index in [1.165, 1.54) is 12.8 Å². The van der Waals surface area contributed by atoms with Gasteiger partial charge in [0.2, 0.25) is 5.82 Å². The van der Waals surface area contributed by atoms with Gasteiger partial charge >= 0.3 is 0 Å². The Kier molecular flexibility index (Phi) is 2.45. The third-order valence-electron chi connectivity index (χ3n) is 3.84. The second-order valence-electron chi connectivity index (χ2n) is 4.95. The molecule has 3 rings (SSSR count). The lowest BCUT2D eigenvalue weighted by atomic mass is 9.87. The summed E-state index contributed by atoms with van der Waals surface area (Å²) >= 11 is 0. The maximum Gasteiger partial charge on any atom is 0.234 e. The standard InChI is InChI=1S/C12H15N5/c13-7-10-15-4-1-11(16-10)17-6-3-12(9-17)2-5-14-8-12/h1,4,14H,2-3,5-6,8-9H2/t12-/m1/s1. The van der Waals surface area contributed by atoms with E-state index < -0.39 is 0 Å².